The maximum atomic E-state index is 12.6. The molecule has 6 nitrogen and oxygen atoms in total. The minimum absolute atomic E-state index is 0.0875. The fourth-order valence-electron chi connectivity index (χ4n) is 2.35. The first-order chi connectivity index (χ1) is 11.9. The lowest BCUT2D eigenvalue weighted by Crippen LogP contribution is -2.20. The van der Waals surface area contributed by atoms with Crippen LogP contribution < -0.4 is 14.8 Å². The summed E-state index contributed by atoms with van der Waals surface area (Å²) in [6.45, 7) is 1.84. The van der Waals surface area contributed by atoms with Crippen LogP contribution in [0.4, 0.5) is 11.4 Å². The van der Waals surface area contributed by atoms with Crippen molar-refractivity contribution in [3.63, 3.8) is 0 Å². The van der Waals surface area contributed by atoms with Crippen molar-refractivity contribution in [3.05, 3.63) is 42.5 Å². The molecule has 0 radical (unpaired) electrons. The zero-order valence-corrected chi connectivity index (χ0v) is 15.4. The van der Waals surface area contributed by atoms with Gasteiger partial charge in [0, 0.05) is 22.6 Å². The molecule has 1 aliphatic heterocycles. The highest BCUT2D eigenvalue weighted by molar-refractivity contribution is 7.99. The van der Waals surface area contributed by atoms with Crippen LogP contribution in [0.3, 0.4) is 0 Å². The fourth-order valence-corrected chi connectivity index (χ4v) is 4.43. The second-order valence-corrected chi connectivity index (χ2v) is 8.44. The summed E-state index contributed by atoms with van der Waals surface area (Å²) in [4.78, 5) is 12.9. The Labute approximate surface area is 151 Å². The van der Waals surface area contributed by atoms with Gasteiger partial charge in [-0.3, -0.25) is 9.52 Å². The Balaban J connectivity index is 1.90. The minimum atomic E-state index is -3.78. The third-order valence-electron chi connectivity index (χ3n) is 3.78. The summed E-state index contributed by atoms with van der Waals surface area (Å²) in [5, 5.41) is 2.79. The molecule has 132 valence electrons. The van der Waals surface area contributed by atoms with Crippen molar-refractivity contribution in [3.8, 4) is 5.75 Å². The first-order valence-electron chi connectivity index (χ1n) is 7.63. The van der Waals surface area contributed by atoms with Crippen LogP contribution >= 0.6 is 11.8 Å². The van der Waals surface area contributed by atoms with Crippen LogP contribution in [-0.2, 0) is 14.8 Å². The van der Waals surface area contributed by atoms with Gasteiger partial charge >= 0.3 is 0 Å². The summed E-state index contributed by atoms with van der Waals surface area (Å²) in [6, 6.07) is 11.4. The van der Waals surface area contributed by atoms with Crippen molar-refractivity contribution < 1.29 is 17.9 Å². The summed E-state index contributed by atoms with van der Waals surface area (Å²) in [6.07, 6.45) is 0. The number of fused-ring (bicyclic) bond motifs is 1. The third-order valence-corrected chi connectivity index (χ3v) is 6.49. The zero-order valence-electron chi connectivity index (χ0n) is 13.8. The van der Waals surface area contributed by atoms with Gasteiger partial charge in [0.2, 0.25) is 5.91 Å². The highest BCUT2D eigenvalue weighted by atomic mass is 32.2. The number of benzene rings is 2. The van der Waals surface area contributed by atoms with Gasteiger partial charge in [-0.05, 0) is 30.3 Å². The number of hydrogen-bond acceptors (Lipinski definition) is 5. The zero-order chi connectivity index (χ0) is 18.0. The van der Waals surface area contributed by atoms with Gasteiger partial charge in [0.1, 0.15) is 5.75 Å². The van der Waals surface area contributed by atoms with Crippen LogP contribution in [0, 0.1) is 5.92 Å². The van der Waals surface area contributed by atoms with Crippen LogP contribution in [0.25, 0.3) is 0 Å². The van der Waals surface area contributed by atoms with Gasteiger partial charge in [-0.1, -0.05) is 13.0 Å². The van der Waals surface area contributed by atoms with E-state index in [0.717, 1.165) is 4.90 Å². The third kappa shape index (κ3) is 3.91. The van der Waals surface area contributed by atoms with Crippen LogP contribution in [0.2, 0.25) is 0 Å². The van der Waals surface area contributed by atoms with Gasteiger partial charge < -0.3 is 10.1 Å². The predicted molar refractivity (Wildman–Crippen MR) is 98.8 cm³/mol. The number of carbonyl (C=O) groups excluding carboxylic acids is 1. The number of ether oxygens (including phenoxy) is 1. The summed E-state index contributed by atoms with van der Waals surface area (Å²) in [5.74, 6) is 0.973. The highest BCUT2D eigenvalue weighted by Gasteiger charge is 2.23. The van der Waals surface area contributed by atoms with E-state index in [2.05, 4.69) is 10.0 Å². The molecule has 1 aliphatic rings. The quantitative estimate of drug-likeness (QED) is 0.854. The maximum absolute atomic E-state index is 12.6. The van der Waals surface area contributed by atoms with Gasteiger partial charge in [0.15, 0.2) is 0 Å². The average molecular weight is 378 g/mol. The van der Waals surface area contributed by atoms with E-state index in [4.69, 9.17) is 4.74 Å². The van der Waals surface area contributed by atoms with Crippen LogP contribution in [0.1, 0.15) is 6.92 Å². The molecule has 2 N–H and O–H groups in total. The first-order valence-corrected chi connectivity index (χ1v) is 10.1. The molecule has 0 aliphatic carbocycles. The summed E-state index contributed by atoms with van der Waals surface area (Å²) in [7, 11) is -2.27. The number of rotatable bonds is 4. The number of nitrogens with one attached hydrogen (secondary N) is 2. The van der Waals surface area contributed by atoms with E-state index in [1.54, 1.807) is 30.3 Å². The minimum Gasteiger partial charge on any atom is -0.497 e. The molecule has 1 amide bonds. The van der Waals surface area contributed by atoms with Gasteiger partial charge in [-0.15, -0.1) is 11.8 Å². The molecule has 0 saturated carbocycles. The van der Waals surface area contributed by atoms with E-state index in [0.29, 0.717) is 22.9 Å². The van der Waals surface area contributed by atoms with Crippen molar-refractivity contribution in [2.75, 3.05) is 22.9 Å². The topological polar surface area (TPSA) is 84.5 Å². The monoisotopic (exact) mass is 378 g/mol. The fraction of sp³-hybridized carbons (Fsp3) is 0.235. The Hall–Kier alpha value is -2.19. The van der Waals surface area contributed by atoms with E-state index >= 15 is 0 Å². The molecule has 0 saturated heterocycles. The predicted octanol–water partition coefficient (Wildman–Crippen LogP) is 3.18. The summed E-state index contributed by atoms with van der Waals surface area (Å²) >= 11 is 1.53. The molecule has 0 unspecified atom stereocenters. The highest BCUT2D eigenvalue weighted by Crippen LogP contribution is 2.34. The van der Waals surface area contributed by atoms with Gasteiger partial charge in [-0.2, -0.15) is 0 Å². The molecule has 1 heterocycles. The largest absolute Gasteiger partial charge is 0.497 e. The summed E-state index contributed by atoms with van der Waals surface area (Å²) < 4.78 is 32.9. The number of hydrogen-bond donors (Lipinski definition) is 2. The second-order valence-electron chi connectivity index (χ2n) is 5.70. The molecule has 0 aromatic heterocycles. The summed E-state index contributed by atoms with van der Waals surface area (Å²) in [5.41, 5.74) is 0.925. The van der Waals surface area contributed by atoms with E-state index < -0.39 is 10.0 Å². The molecule has 3 rings (SSSR count). The van der Waals surface area contributed by atoms with E-state index in [1.165, 1.54) is 31.0 Å². The van der Waals surface area contributed by atoms with Crippen molar-refractivity contribution in [1.29, 1.82) is 0 Å². The lowest BCUT2D eigenvalue weighted by molar-refractivity contribution is -0.118. The van der Waals surface area contributed by atoms with Crippen molar-refractivity contribution >= 4 is 39.1 Å². The van der Waals surface area contributed by atoms with Crippen molar-refractivity contribution in [2.24, 2.45) is 5.92 Å². The molecule has 25 heavy (non-hydrogen) atoms. The average Bonchev–Trinajstić information content (AvgIpc) is 2.73. The number of carbonyl (C=O) groups is 1. The maximum Gasteiger partial charge on any atom is 0.261 e. The van der Waals surface area contributed by atoms with Gasteiger partial charge in [-0.25, -0.2) is 8.42 Å². The van der Waals surface area contributed by atoms with Crippen LogP contribution in [0.15, 0.2) is 52.3 Å². The Morgan fingerprint density at radius 1 is 1.24 bits per heavy atom. The number of anilines is 2. The van der Waals surface area contributed by atoms with E-state index in [-0.39, 0.29) is 16.7 Å². The van der Waals surface area contributed by atoms with Gasteiger partial charge in [0.05, 0.1) is 23.4 Å². The molecule has 8 heteroatoms. The molecule has 2 aromatic carbocycles. The van der Waals surface area contributed by atoms with Crippen LogP contribution in [0.5, 0.6) is 5.75 Å². The number of sulfonamides is 1. The van der Waals surface area contributed by atoms with Crippen molar-refractivity contribution in [2.45, 2.75) is 16.7 Å². The van der Waals surface area contributed by atoms with Gasteiger partial charge in [0.25, 0.3) is 10.0 Å². The Kier molecular flexibility index (Phi) is 4.91. The SMILES string of the molecule is COc1cccc(NS(=O)(=O)c2ccc3c(c2)NC(=O)[C@@H](C)CS3)c1. The van der Waals surface area contributed by atoms with Crippen molar-refractivity contribution in [1.82, 2.24) is 0 Å². The molecule has 0 spiro atoms. The standard InChI is InChI=1S/C17H18N2O4S2/c1-11-10-24-16-7-6-14(9-15(16)18-17(11)20)25(21,22)19-12-4-3-5-13(8-12)23-2/h3-9,11,19H,10H2,1-2H3,(H,18,20)/t11-/m0/s1. The molecular formula is C17H18N2O4S2. The number of thioether (sulfide) groups is 1. The lowest BCUT2D eigenvalue weighted by Gasteiger charge is -2.12. The normalized spacial score (nSPS) is 17.2. The molecule has 0 fully saturated rings. The Morgan fingerprint density at radius 3 is 2.80 bits per heavy atom. The second kappa shape index (κ2) is 6.97. The number of amides is 1. The number of methoxy groups -OCH3 is 1. The Morgan fingerprint density at radius 2 is 2.04 bits per heavy atom. The molecule has 0 bridgehead atoms. The lowest BCUT2D eigenvalue weighted by atomic mass is 10.2. The molecule has 1 atom stereocenters. The molecule has 2 aromatic rings. The first kappa shape index (κ1) is 17.6. The molecular weight excluding hydrogens is 360 g/mol. The smallest absolute Gasteiger partial charge is 0.261 e. The van der Waals surface area contributed by atoms with E-state index in [1.807, 2.05) is 6.92 Å². The van der Waals surface area contributed by atoms with Crippen LogP contribution in [-0.4, -0.2) is 27.2 Å². The Bertz CT molecular complexity index is 913. The van der Waals surface area contributed by atoms with E-state index in [9.17, 15) is 13.2 Å².